The minimum Gasteiger partial charge on any atom is -0.357 e. The molecule has 1 aromatic heterocycles. The van der Waals surface area contributed by atoms with Crippen LogP contribution in [0.5, 0.6) is 0 Å². The lowest BCUT2D eigenvalue weighted by Gasteiger charge is -2.34. The number of pyridine rings is 1. The number of anilines is 1. The highest BCUT2D eigenvalue weighted by Crippen LogP contribution is 2.19. The molecule has 5 nitrogen and oxygen atoms in total. The van der Waals surface area contributed by atoms with Crippen molar-refractivity contribution in [3.63, 3.8) is 0 Å². The van der Waals surface area contributed by atoms with E-state index in [1.165, 1.54) is 18.4 Å². The van der Waals surface area contributed by atoms with E-state index in [0.29, 0.717) is 12.3 Å². The lowest BCUT2D eigenvalue weighted by Crippen LogP contribution is -2.48. The summed E-state index contributed by atoms with van der Waals surface area (Å²) in [7, 11) is 0. The van der Waals surface area contributed by atoms with Crippen LogP contribution in [-0.2, 0) is 11.2 Å². The van der Waals surface area contributed by atoms with Crippen LogP contribution < -0.4 is 4.90 Å². The number of amides is 1. The predicted octanol–water partition coefficient (Wildman–Crippen LogP) is 1.78. The molecule has 0 aliphatic carbocycles. The fraction of sp³-hybridized carbons (Fsp3) is 0.667. The molecule has 2 aliphatic rings. The maximum absolute atomic E-state index is 12.4. The molecule has 3 rings (SSSR count). The molecule has 2 aliphatic heterocycles. The number of aryl methyl sites for hydroxylation is 1. The Morgan fingerprint density at radius 1 is 1.13 bits per heavy atom. The molecule has 23 heavy (non-hydrogen) atoms. The second kappa shape index (κ2) is 7.77. The first-order chi connectivity index (χ1) is 11.3. The van der Waals surface area contributed by atoms with Crippen LogP contribution in [0.4, 0.5) is 5.82 Å². The van der Waals surface area contributed by atoms with E-state index in [4.69, 9.17) is 0 Å². The van der Waals surface area contributed by atoms with E-state index in [2.05, 4.69) is 27.8 Å². The third-order valence-electron chi connectivity index (χ3n) is 5.04. The van der Waals surface area contributed by atoms with Gasteiger partial charge >= 0.3 is 0 Å². The van der Waals surface area contributed by atoms with Crippen molar-refractivity contribution in [3.05, 3.63) is 23.9 Å². The summed E-state index contributed by atoms with van der Waals surface area (Å²) < 4.78 is 0. The van der Waals surface area contributed by atoms with E-state index in [9.17, 15) is 4.79 Å². The lowest BCUT2D eigenvalue weighted by atomic mass is 10.1. The summed E-state index contributed by atoms with van der Waals surface area (Å²) in [6, 6.07) is 4.20. The SMILES string of the molecule is CCN1CCN(C(=O)CCc2ccnc(N3CCCC3)c2)CC1. The Balaban J connectivity index is 1.50. The fourth-order valence-corrected chi connectivity index (χ4v) is 3.46. The maximum atomic E-state index is 12.4. The van der Waals surface area contributed by atoms with Gasteiger partial charge in [-0.15, -0.1) is 0 Å². The van der Waals surface area contributed by atoms with E-state index < -0.39 is 0 Å². The van der Waals surface area contributed by atoms with Gasteiger partial charge in [0, 0.05) is 51.9 Å². The molecule has 0 radical (unpaired) electrons. The van der Waals surface area contributed by atoms with Crippen LogP contribution in [0, 0.1) is 0 Å². The van der Waals surface area contributed by atoms with Crippen molar-refractivity contribution < 1.29 is 4.79 Å². The summed E-state index contributed by atoms with van der Waals surface area (Å²) in [5.74, 6) is 1.37. The predicted molar refractivity (Wildman–Crippen MR) is 92.7 cm³/mol. The summed E-state index contributed by atoms with van der Waals surface area (Å²) in [6.07, 6.45) is 5.82. The first kappa shape index (κ1) is 16.2. The lowest BCUT2D eigenvalue weighted by molar-refractivity contribution is -0.132. The molecule has 1 amide bonds. The minimum atomic E-state index is 0.292. The van der Waals surface area contributed by atoms with Gasteiger partial charge in [0.2, 0.25) is 5.91 Å². The molecule has 1 aromatic rings. The van der Waals surface area contributed by atoms with Gasteiger partial charge in [-0.3, -0.25) is 4.79 Å². The summed E-state index contributed by atoms with van der Waals surface area (Å²) >= 11 is 0. The van der Waals surface area contributed by atoms with Crippen molar-refractivity contribution >= 4 is 11.7 Å². The van der Waals surface area contributed by atoms with E-state index >= 15 is 0 Å². The summed E-state index contributed by atoms with van der Waals surface area (Å²) in [5, 5.41) is 0. The molecule has 0 spiro atoms. The van der Waals surface area contributed by atoms with Crippen molar-refractivity contribution in [2.24, 2.45) is 0 Å². The van der Waals surface area contributed by atoms with Gasteiger partial charge in [-0.1, -0.05) is 6.92 Å². The molecule has 0 atom stereocenters. The van der Waals surface area contributed by atoms with Crippen LogP contribution in [0.1, 0.15) is 31.7 Å². The Hall–Kier alpha value is -1.62. The molecular weight excluding hydrogens is 288 g/mol. The molecule has 3 heterocycles. The van der Waals surface area contributed by atoms with Crippen molar-refractivity contribution in [2.75, 3.05) is 50.7 Å². The minimum absolute atomic E-state index is 0.292. The Morgan fingerprint density at radius 3 is 2.57 bits per heavy atom. The third kappa shape index (κ3) is 4.22. The number of likely N-dealkylation sites (N-methyl/N-ethyl adjacent to an activating group) is 1. The smallest absolute Gasteiger partial charge is 0.222 e. The number of hydrogen-bond acceptors (Lipinski definition) is 4. The highest BCUT2D eigenvalue weighted by atomic mass is 16.2. The second-order valence-electron chi connectivity index (χ2n) is 6.53. The molecule has 2 saturated heterocycles. The average molecular weight is 316 g/mol. The van der Waals surface area contributed by atoms with E-state index in [-0.39, 0.29) is 0 Å². The van der Waals surface area contributed by atoms with Crippen molar-refractivity contribution in [1.82, 2.24) is 14.8 Å². The normalized spacial score (nSPS) is 19.3. The van der Waals surface area contributed by atoms with Crippen LogP contribution in [0.2, 0.25) is 0 Å². The van der Waals surface area contributed by atoms with Crippen LogP contribution in [0.25, 0.3) is 0 Å². The first-order valence-electron chi connectivity index (χ1n) is 8.96. The van der Waals surface area contributed by atoms with Gasteiger partial charge in [0.05, 0.1) is 0 Å². The standard InChI is InChI=1S/C18H28N4O/c1-2-20-11-13-22(14-12-20)18(23)6-5-16-7-8-19-17(15-16)21-9-3-4-10-21/h7-8,15H,2-6,9-14H2,1H3. The molecule has 5 heteroatoms. The van der Waals surface area contributed by atoms with Gasteiger partial charge in [-0.2, -0.15) is 0 Å². The molecular formula is C18H28N4O. The van der Waals surface area contributed by atoms with Crippen molar-refractivity contribution in [1.29, 1.82) is 0 Å². The van der Waals surface area contributed by atoms with Gasteiger partial charge in [0.1, 0.15) is 5.82 Å². The Kier molecular flexibility index (Phi) is 5.49. The summed E-state index contributed by atoms with van der Waals surface area (Å²) in [6.45, 7) is 9.25. The topological polar surface area (TPSA) is 39.7 Å². The maximum Gasteiger partial charge on any atom is 0.222 e. The largest absolute Gasteiger partial charge is 0.357 e. The van der Waals surface area contributed by atoms with Gasteiger partial charge < -0.3 is 14.7 Å². The molecule has 0 unspecified atom stereocenters. The highest BCUT2D eigenvalue weighted by molar-refractivity contribution is 5.76. The first-order valence-corrected chi connectivity index (χ1v) is 8.96. The van der Waals surface area contributed by atoms with Crippen LogP contribution in [-0.4, -0.2) is 66.5 Å². The zero-order valence-corrected chi connectivity index (χ0v) is 14.2. The molecule has 126 valence electrons. The number of carbonyl (C=O) groups is 1. The molecule has 0 N–H and O–H groups in total. The van der Waals surface area contributed by atoms with Crippen LogP contribution in [0.15, 0.2) is 18.3 Å². The number of carbonyl (C=O) groups excluding carboxylic acids is 1. The zero-order valence-electron chi connectivity index (χ0n) is 14.2. The Labute approximate surface area is 139 Å². The second-order valence-corrected chi connectivity index (χ2v) is 6.53. The monoisotopic (exact) mass is 316 g/mol. The molecule has 2 fully saturated rings. The van der Waals surface area contributed by atoms with Gasteiger partial charge in [0.25, 0.3) is 0 Å². The van der Waals surface area contributed by atoms with Gasteiger partial charge in [-0.25, -0.2) is 4.98 Å². The molecule has 0 aromatic carbocycles. The Morgan fingerprint density at radius 2 is 1.87 bits per heavy atom. The summed E-state index contributed by atoms with van der Waals surface area (Å²) in [5.41, 5.74) is 1.22. The number of piperazine rings is 1. The van der Waals surface area contributed by atoms with Crippen molar-refractivity contribution in [2.45, 2.75) is 32.6 Å². The number of rotatable bonds is 5. The fourth-order valence-electron chi connectivity index (χ4n) is 3.46. The number of nitrogens with zero attached hydrogens (tertiary/aromatic N) is 4. The Bertz CT molecular complexity index is 520. The average Bonchev–Trinajstić information content (AvgIpc) is 3.15. The molecule has 0 bridgehead atoms. The van der Waals surface area contributed by atoms with E-state index in [1.807, 2.05) is 17.2 Å². The quantitative estimate of drug-likeness (QED) is 0.830. The summed E-state index contributed by atoms with van der Waals surface area (Å²) in [4.78, 5) is 23.6. The zero-order chi connectivity index (χ0) is 16.1. The molecule has 0 saturated carbocycles. The van der Waals surface area contributed by atoms with Gasteiger partial charge in [0.15, 0.2) is 0 Å². The van der Waals surface area contributed by atoms with E-state index in [0.717, 1.165) is 58.1 Å². The highest BCUT2D eigenvalue weighted by Gasteiger charge is 2.20. The van der Waals surface area contributed by atoms with E-state index in [1.54, 1.807) is 0 Å². The van der Waals surface area contributed by atoms with Crippen LogP contribution >= 0.6 is 0 Å². The van der Waals surface area contributed by atoms with Gasteiger partial charge in [-0.05, 0) is 43.5 Å². The third-order valence-corrected chi connectivity index (χ3v) is 5.04. The van der Waals surface area contributed by atoms with Crippen molar-refractivity contribution in [3.8, 4) is 0 Å². The van der Waals surface area contributed by atoms with Crippen LogP contribution in [0.3, 0.4) is 0 Å². The number of hydrogen-bond donors (Lipinski definition) is 0. The number of aromatic nitrogens is 1.